The van der Waals surface area contributed by atoms with Gasteiger partial charge in [0.15, 0.2) is 5.16 Å². The molecule has 0 fully saturated rings. The molecular formula is C11H13N3OS3. The molecule has 0 saturated carbocycles. The molecule has 2 heterocycles. The minimum atomic E-state index is -0.0881. The molecule has 96 valence electrons. The highest BCUT2D eigenvalue weighted by molar-refractivity contribution is 7.99. The summed E-state index contributed by atoms with van der Waals surface area (Å²) in [7, 11) is 0. The number of nitrogens with one attached hydrogen (secondary N) is 1. The Morgan fingerprint density at radius 2 is 2.44 bits per heavy atom. The van der Waals surface area contributed by atoms with Crippen molar-refractivity contribution >= 4 is 50.5 Å². The Kier molecular flexibility index (Phi) is 4.04. The van der Waals surface area contributed by atoms with Crippen molar-refractivity contribution in [2.75, 3.05) is 5.75 Å². The average molecular weight is 299 g/mol. The standard InChI is InChI=1S/C11H13N3OS3/c1-5(8(12)16)4-17-11-13-9(15)7-3-6(2)18-10(7)14-11/h3,5H,4H2,1-2H3,(H2,12,16)(H,13,14,15). The summed E-state index contributed by atoms with van der Waals surface area (Å²) in [6, 6.07) is 1.86. The van der Waals surface area contributed by atoms with E-state index in [0.717, 1.165) is 9.71 Å². The molecule has 0 radical (unpaired) electrons. The van der Waals surface area contributed by atoms with E-state index in [0.29, 0.717) is 21.3 Å². The van der Waals surface area contributed by atoms with Crippen molar-refractivity contribution in [3.8, 4) is 0 Å². The molecule has 1 atom stereocenters. The number of aryl methyl sites for hydroxylation is 1. The lowest BCUT2D eigenvalue weighted by molar-refractivity contribution is 0.895. The topological polar surface area (TPSA) is 71.8 Å². The van der Waals surface area contributed by atoms with Gasteiger partial charge >= 0.3 is 0 Å². The molecule has 0 aromatic carbocycles. The van der Waals surface area contributed by atoms with E-state index in [4.69, 9.17) is 18.0 Å². The lowest BCUT2D eigenvalue weighted by Crippen LogP contribution is -2.20. The molecule has 1 unspecified atom stereocenters. The molecule has 0 saturated heterocycles. The van der Waals surface area contributed by atoms with Crippen LogP contribution in [0.1, 0.15) is 11.8 Å². The predicted molar refractivity (Wildman–Crippen MR) is 81.7 cm³/mol. The number of aromatic amines is 1. The minimum absolute atomic E-state index is 0.0881. The third kappa shape index (κ3) is 2.90. The summed E-state index contributed by atoms with van der Waals surface area (Å²) in [5.74, 6) is 0.838. The third-order valence-corrected chi connectivity index (χ3v) is 4.94. The number of thiocarbonyl (C=S) groups is 1. The van der Waals surface area contributed by atoms with Gasteiger partial charge in [0, 0.05) is 16.5 Å². The Balaban J connectivity index is 2.24. The highest BCUT2D eigenvalue weighted by atomic mass is 32.2. The smallest absolute Gasteiger partial charge is 0.260 e. The number of rotatable bonds is 4. The number of hydrogen-bond acceptors (Lipinski definition) is 5. The van der Waals surface area contributed by atoms with Crippen LogP contribution in [0.5, 0.6) is 0 Å². The fourth-order valence-corrected chi connectivity index (χ4v) is 3.42. The van der Waals surface area contributed by atoms with Crippen LogP contribution in [0.2, 0.25) is 0 Å². The highest BCUT2D eigenvalue weighted by Gasteiger charge is 2.10. The Hall–Kier alpha value is -0.920. The molecule has 2 aromatic heterocycles. The first-order valence-corrected chi connectivity index (χ1v) is 7.61. The zero-order valence-corrected chi connectivity index (χ0v) is 12.5. The molecule has 0 aliphatic heterocycles. The van der Waals surface area contributed by atoms with Crippen molar-refractivity contribution in [3.05, 3.63) is 21.3 Å². The summed E-state index contributed by atoms with van der Waals surface area (Å²) in [4.78, 5) is 21.4. The van der Waals surface area contributed by atoms with E-state index < -0.39 is 0 Å². The molecular weight excluding hydrogens is 286 g/mol. The van der Waals surface area contributed by atoms with Crippen molar-refractivity contribution in [2.45, 2.75) is 19.0 Å². The maximum atomic E-state index is 11.8. The van der Waals surface area contributed by atoms with Gasteiger partial charge < -0.3 is 10.7 Å². The van der Waals surface area contributed by atoms with Gasteiger partial charge in [-0.25, -0.2) is 4.98 Å². The monoisotopic (exact) mass is 299 g/mol. The Morgan fingerprint density at radius 3 is 3.11 bits per heavy atom. The van der Waals surface area contributed by atoms with Crippen LogP contribution >= 0.6 is 35.3 Å². The van der Waals surface area contributed by atoms with Crippen molar-refractivity contribution in [2.24, 2.45) is 11.7 Å². The lowest BCUT2D eigenvalue weighted by atomic mass is 10.2. The Morgan fingerprint density at radius 1 is 1.72 bits per heavy atom. The van der Waals surface area contributed by atoms with E-state index in [9.17, 15) is 4.79 Å². The summed E-state index contributed by atoms with van der Waals surface area (Å²) >= 11 is 7.91. The second-order valence-corrected chi connectivity index (χ2v) is 6.78. The molecule has 3 N–H and O–H groups in total. The van der Waals surface area contributed by atoms with Gasteiger partial charge in [-0.15, -0.1) is 11.3 Å². The van der Waals surface area contributed by atoms with E-state index in [1.54, 1.807) is 0 Å². The van der Waals surface area contributed by atoms with Crippen LogP contribution in [-0.4, -0.2) is 20.7 Å². The number of H-pyrrole nitrogens is 1. The number of thioether (sulfide) groups is 1. The number of nitrogens with zero attached hydrogens (tertiary/aromatic N) is 1. The maximum Gasteiger partial charge on any atom is 0.260 e. The number of fused-ring (bicyclic) bond motifs is 1. The number of thiophene rings is 1. The molecule has 2 rings (SSSR count). The highest BCUT2D eigenvalue weighted by Crippen LogP contribution is 2.23. The van der Waals surface area contributed by atoms with Crippen LogP contribution in [0, 0.1) is 12.8 Å². The molecule has 0 bridgehead atoms. The van der Waals surface area contributed by atoms with Crippen LogP contribution in [0.3, 0.4) is 0 Å². The van der Waals surface area contributed by atoms with E-state index in [1.165, 1.54) is 23.1 Å². The van der Waals surface area contributed by atoms with Gasteiger partial charge in [0.05, 0.1) is 10.4 Å². The van der Waals surface area contributed by atoms with E-state index in [-0.39, 0.29) is 11.5 Å². The van der Waals surface area contributed by atoms with Crippen LogP contribution < -0.4 is 11.3 Å². The fraction of sp³-hybridized carbons (Fsp3) is 0.364. The van der Waals surface area contributed by atoms with Gasteiger partial charge in [0.2, 0.25) is 0 Å². The van der Waals surface area contributed by atoms with Gasteiger partial charge in [0.25, 0.3) is 5.56 Å². The summed E-state index contributed by atoms with van der Waals surface area (Å²) in [5.41, 5.74) is 5.46. The largest absolute Gasteiger partial charge is 0.393 e. The van der Waals surface area contributed by atoms with Crippen molar-refractivity contribution in [1.29, 1.82) is 0 Å². The van der Waals surface area contributed by atoms with Gasteiger partial charge in [0.1, 0.15) is 4.83 Å². The molecule has 2 aromatic rings. The SMILES string of the molecule is Cc1cc2c(=O)[nH]c(SCC(C)C(N)=S)nc2s1. The summed E-state index contributed by atoms with van der Waals surface area (Å²) < 4.78 is 0. The molecule has 4 nitrogen and oxygen atoms in total. The normalized spacial score (nSPS) is 12.8. The Bertz CT molecular complexity index is 647. The van der Waals surface area contributed by atoms with E-state index in [1.807, 2.05) is 19.9 Å². The lowest BCUT2D eigenvalue weighted by Gasteiger charge is -2.07. The zero-order chi connectivity index (χ0) is 13.3. The van der Waals surface area contributed by atoms with Crippen LogP contribution in [-0.2, 0) is 0 Å². The quantitative estimate of drug-likeness (QED) is 0.515. The van der Waals surface area contributed by atoms with E-state index >= 15 is 0 Å². The molecule has 7 heteroatoms. The van der Waals surface area contributed by atoms with Crippen LogP contribution in [0.15, 0.2) is 16.0 Å². The fourth-order valence-electron chi connectivity index (χ4n) is 1.39. The predicted octanol–water partition coefficient (Wildman–Crippen LogP) is 2.31. The molecule has 0 aliphatic rings. The summed E-state index contributed by atoms with van der Waals surface area (Å²) in [5, 5.41) is 1.28. The van der Waals surface area contributed by atoms with Crippen molar-refractivity contribution in [3.63, 3.8) is 0 Å². The van der Waals surface area contributed by atoms with Gasteiger partial charge in [-0.1, -0.05) is 30.9 Å². The second-order valence-electron chi connectivity index (χ2n) is 4.06. The van der Waals surface area contributed by atoms with Crippen LogP contribution in [0.4, 0.5) is 0 Å². The van der Waals surface area contributed by atoms with Gasteiger partial charge in [-0.2, -0.15) is 0 Å². The minimum Gasteiger partial charge on any atom is -0.393 e. The molecule has 0 aliphatic carbocycles. The van der Waals surface area contributed by atoms with Crippen LogP contribution in [0.25, 0.3) is 10.2 Å². The van der Waals surface area contributed by atoms with Crippen molar-refractivity contribution in [1.82, 2.24) is 9.97 Å². The summed E-state index contributed by atoms with van der Waals surface area (Å²) in [6.45, 7) is 3.93. The van der Waals surface area contributed by atoms with Gasteiger partial charge in [-0.3, -0.25) is 4.79 Å². The molecule has 0 amide bonds. The first-order valence-electron chi connectivity index (χ1n) is 5.40. The first kappa shape index (κ1) is 13.5. The average Bonchev–Trinajstić information content (AvgIpc) is 2.67. The number of aromatic nitrogens is 2. The van der Waals surface area contributed by atoms with Crippen molar-refractivity contribution < 1.29 is 0 Å². The third-order valence-electron chi connectivity index (χ3n) is 2.46. The first-order chi connectivity index (χ1) is 8.47. The van der Waals surface area contributed by atoms with E-state index in [2.05, 4.69) is 9.97 Å². The second kappa shape index (κ2) is 5.38. The zero-order valence-electron chi connectivity index (χ0n) is 10.0. The number of hydrogen-bond donors (Lipinski definition) is 2. The molecule has 0 spiro atoms. The number of nitrogens with two attached hydrogens (primary N) is 1. The summed E-state index contributed by atoms with van der Waals surface area (Å²) in [6.07, 6.45) is 0. The van der Waals surface area contributed by atoms with Gasteiger partial charge in [-0.05, 0) is 13.0 Å². The molecule has 18 heavy (non-hydrogen) atoms. The Labute approximate surface area is 118 Å². The maximum absolute atomic E-state index is 11.8.